The van der Waals surface area contributed by atoms with Crippen molar-refractivity contribution in [3.05, 3.63) is 24.3 Å². The Hall–Kier alpha value is -1.34. The number of thioether (sulfide) groups is 2. The highest BCUT2D eigenvalue weighted by molar-refractivity contribution is 7.99. The van der Waals surface area contributed by atoms with Crippen molar-refractivity contribution in [2.75, 3.05) is 30.7 Å². The Labute approximate surface area is 127 Å². The minimum Gasteiger partial charge on any atom is -0.496 e. The van der Waals surface area contributed by atoms with Gasteiger partial charge in [-0.2, -0.15) is 11.8 Å². The van der Waals surface area contributed by atoms with Crippen LogP contribution in [0.2, 0.25) is 0 Å². The molecule has 0 spiro atoms. The number of hydrogen-bond acceptors (Lipinski definition) is 6. The number of aromatic nitrogens is 3. The second-order valence-corrected chi connectivity index (χ2v) is 6.12. The monoisotopic (exact) mass is 310 g/mol. The van der Waals surface area contributed by atoms with Crippen molar-refractivity contribution < 1.29 is 4.74 Å². The number of benzene rings is 1. The van der Waals surface area contributed by atoms with Gasteiger partial charge in [0.15, 0.2) is 5.82 Å². The lowest BCUT2D eigenvalue weighted by Crippen LogP contribution is -2.12. The topological polar surface area (TPSA) is 66.0 Å². The van der Waals surface area contributed by atoms with Gasteiger partial charge in [0.1, 0.15) is 5.75 Å². The molecule has 2 N–H and O–H groups in total. The van der Waals surface area contributed by atoms with Crippen LogP contribution in [-0.2, 0) is 0 Å². The average Bonchev–Trinajstić information content (AvgIpc) is 2.85. The van der Waals surface area contributed by atoms with Crippen molar-refractivity contribution in [1.29, 1.82) is 0 Å². The highest BCUT2D eigenvalue weighted by atomic mass is 32.2. The van der Waals surface area contributed by atoms with Crippen LogP contribution >= 0.6 is 23.5 Å². The van der Waals surface area contributed by atoms with Crippen LogP contribution in [0.1, 0.15) is 6.42 Å². The van der Waals surface area contributed by atoms with E-state index in [2.05, 4.69) is 16.5 Å². The molecule has 0 aliphatic carbocycles. The van der Waals surface area contributed by atoms with E-state index in [-0.39, 0.29) is 0 Å². The Morgan fingerprint density at radius 1 is 1.25 bits per heavy atom. The standard InChI is InChI=1S/C13H18N4OS2/c1-18-11-7-4-3-6-10(11)12-15-16-13(17(12)14)20-9-5-8-19-2/h3-4,6-7H,5,8-9,14H2,1-2H3. The molecule has 2 rings (SSSR count). The Bertz CT molecular complexity index is 559. The van der Waals surface area contributed by atoms with Gasteiger partial charge in [0.25, 0.3) is 0 Å². The Morgan fingerprint density at radius 2 is 2.05 bits per heavy atom. The molecule has 108 valence electrons. The van der Waals surface area contributed by atoms with Crippen molar-refractivity contribution in [2.45, 2.75) is 11.6 Å². The zero-order chi connectivity index (χ0) is 14.4. The maximum atomic E-state index is 6.08. The molecule has 1 aromatic carbocycles. The summed E-state index contributed by atoms with van der Waals surface area (Å²) in [7, 11) is 1.63. The molecular formula is C13H18N4OS2. The van der Waals surface area contributed by atoms with E-state index in [1.54, 1.807) is 18.9 Å². The maximum absolute atomic E-state index is 6.08. The van der Waals surface area contributed by atoms with E-state index in [0.717, 1.165) is 34.4 Å². The van der Waals surface area contributed by atoms with Crippen LogP contribution in [-0.4, -0.2) is 39.7 Å². The van der Waals surface area contributed by atoms with Gasteiger partial charge in [0.05, 0.1) is 12.7 Å². The average molecular weight is 310 g/mol. The van der Waals surface area contributed by atoms with Crippen molar-refractivity contribution in [2.24, 2.45) is 0 Å². The van der Waals surface area contributed by atoms with Crippen LogP contribution < -0.4 is 10.6 Å². The highest BCUT2D eigenvalue weighted by Crippen LogP contribution is 2.29. The second-order valence-electron chi connectivity index (χ2n) is 4.07. The molecule has 0 radical (unpaired) electrons. The van der Waals surface area contributed by atoms with Crippen LogP contribution in [0.5, 0.6) is 5.75 Å². The van der Waals surface area contributed by atoms with Gasteiger partial charge < -0.3 is 10.6 Å². The quantitative estimate of drug-likeness (QED) is 0.481. The molecule has 0 amide bonds. The fourth-order valence-corrected chi connectivity index (χ4v) is 3.17. The first-order valence-electron chi connectivity index (χ1n) is 6.23. The number of nitrogens with two attached hydrogens (primary N) is 1. The normalized spacial score (nSPS) is 10.7. The summed E-state index contributed by atoms with van der Waals surface area (Å²) in [5.41, 5.74) is 0.848. The van der Waals surface area contributed by atoms with Gasteiger partial charge in [-0.25, -0.2) is 4.68 Å². The molecule has 7 heteroatoms. The van der Waals surface area contributed by atoms with Gasteiger partial charge in [-0.05, 0) is 30.6 Å². The van der Waals surface area contributed by atoms with E-state index < -0.39 is 0 Å². The molecule has 0 saturated heterocycles. The van der Waals surface area contributed by atoms with E-state index in [1.807, 2.05) is 36.0 Å². The molecule has 0 unspecified atom stereocenters. The highest BCUT2D eigenvalue weighted by Gasteiger charge is 2.15. The molecule has 1 aromatic heterocycles. The number of rotatable bonds is 7. The minimum atomic E-state index is 0.620. The molecule has 0 bridgehead atoms. The number of nitrogen functional groups attached to an aromatic ring is 1. The summed E-state index contributed by atoms with van der Waals surface area (Å²) in [5, 5.41) is 9.06. The summed E-state index contributed by atoms with van der Waals surface area (Å²) >= 11 is 3.47. The van der Waals surface area contributed by atoms with Gasteiger partial charge in [0, 0.05) is 5.75 Å². The molecular weight excluding hydrogens is 292 g/mol. The first-order chi connectivity index (χ1) is 9.77. The Balaban J connectivity index is 2.16. The predicted octanol–water partition coefficient (Wildman–Crippen LogP) is 2.51. The zero-order valence-electron chi connectivity index (χ0n) is 11.6. The maximum Gasteiger partial charge on any atom is 0.210 e. The smallest absolute Gasteiger partial charge is 0.210 e. The third kappa shape index (κ3) is 3.40. The van der Waals surface area contributed by atoms with E-state index in [0.29, 0.717) is 5.82 Å². The fraction of sp³-hybridized carbons (Fsp3) is 0.385. The SMILES string of the molecule is COc1ccccc1-c1nnc(SCCCSC)n1N. The third-order valence-corrected chi connectivity index (χ3v) is 4.46. The lowest BCUT2D eigenvalue weighted by molar-refractivity contribution is 0.416. The van der Waals surface area contributed by atoms with Crippen molar-refractivity contribution >= 4 is 23.5 Å². The number of hydrogen-bond donors (Lipinski definition) is 1. The molecule has 2 aromatic rings. The summed E-state index contributed by atoms with van der Waals surface area (Å²) < 4.78 is 6.86. The summed E-state index contributed by atoms with van der Waals surface area (Å²) in [6.07, 6.45) is 3.23. The summed E-state index contributed by atoms with van der Waals surface area (Å²) in [6, 6.07) is 7.65. The Kier molecular flexibility index (Phi) is 5.60. The minimum absolute atomic E-state index is 0.620. The number of para-hydroxylation sites is 1. The number of nitrogens with zero attached hydrogens (tertiary/aromatic N) is 3. The largest absolute Gasteiger partial charge is 0.496 e. The van der Waals surface area contributed by atoms with E-state index in [1.165, 1.54) is 4.68 Å². The molecule has 0 aliphatic rings. The van der Waals surface area contributed by atoms with Gasteiger partial charge in [-0.1, -0.05) is 23.9 Å². The third-order valence-electron chi connectivity index (χ3n) is 2.74. The first-order valence-corrected chi connectivity index (χ1v) is 8.61. The lowest BCUT2D eigenvalue weighted by Gasteiger charge is -2.07. The summed E-state index contributed by atoms with van der Waals surface area (Å²) in [4.78, 5) is 0. The molecule has 0 fully saturated rings. The van der Waals surface area contributed by atoms with Crippen molar-refractivity contribution in [3.8, 4) is 17.1 Å². The molecule has 20 heavy (non-hydrogen) atoms. The van der Waals surface area contributed by atoms with Crippen LogP contribution in [0.25, 0.3) is 11.4 Å². The molecule has 1 heterocycles. The van der Waals surface area contributed by atoms with Crippen LogP contribution in [0, 0.1) is 0 Å². The lowest BCUT2D eigenvalue weighted by atomic mass is 10.2. The summed E-state index contributed by atoms with van der Waals surface area (Å²) in [5.74, 6) is 9.58. The van der Waals surface area contributed by atoms with Crippen LogP contribution in [0.15, 0.2) is 29.4 Å². The summed E-state index contributed by atoms with van der Waals surface area (Å²) in [6.45, 7) is 0. The fourth-order valence-electron chi connectivity index (χ4n) is 1.76. The van der Waals surface area contributed by atoms with Crippen molar-refractivity contribution in [1.82, 2.24) is 14.9 Å². The Morgan fingerprint density at radius 3 is 2.80 bits per heavy atom. The molecule has 5 nitrogen and oxygen atoms in total. The van der Waals surface area contributed by atoms with E-state index in [9.17, 15) is 0 Å². The van der Waals surface area contributed by atoms with Gasteiger partial charge in [-0.3, -0.25) is 0 Å². The predicted molar refractivity (Wildman–Crippen MR) is 85.9 cm³/mol. The van der Waals surface area contributed by atoms with Crippen molar-refractivity contribution in [3.63, 3.8) is 0 Å². The zero-order valence-corrected chi connectivity index (χ0v) is 13.2. The van der Waals surface area contributed by atoms with Crippen LogP contribution in [0.3, 0.4) is 0 Å². The van der Waals surface area contributed by atoms with Crippen LogP contribution in [0.4, 0.5) is 0 Å². The molecule has 0 atom stereocenters. The van der Waals surface area contributed by atoms with Gasteiger partial charge >= 0.3 is 0 Å². The number of ether oxygens (including phenoxy) is 1. The first kappa shape index (κ1) is 15.1. The second kappa shape index (κ2) is 7.44. The molecule has 0 saturated carbocycles. The van der Waals surface area contributed by atoms with E-state index in [4.69, 9.17) is 10.6 Å². The number of methoxy groups -OCH3 is 1. The molecule has 0 aliphatic heterocycles. The van der Waals surface area contributed by atoms with E-state index >= 15 is 0 Å². The van der Waals surface area contributed by atoms with Gasteiger partial charge in [-0.15, -0.1) is 10.2 Å². The van der Waals surface area contributed by atoms with Gasteiger partial charge in [0.2, 0.25) is 5.16 Å².